The van der Waals surface area contributed by atoms with Gasteiger partial charge in [0.2, 0.25) is 0 Å². The zero-order valence-corrected chi connectivity index (χ0v) is 8.18. The molecular formula is C9H5ClN4O. The number of halogens is 1. The van der Waals surface area contributed by atoms with Crippen LogP contribution in [-0.2, 0) is 0 Å². The molecule has 5 nitrogen and oxygen atoms in total. The van der Waals surface area contributed by atoms with Gasteiger partial charge in [0, 0.05) is 16.5 Å². The molecule has 2 aromatic rings. The highest BCUT2D eigenvalue weighted by Gasteiger charge is 2.09. The number of fused-ring (bicyclic) bond motifs is 1. The average Bonchev–Trinajstić information content (AvgIpc) is 2.26. The van der Waals surface area contributed by atoms with Crippen LogP contribution in [0.2, 0.25) is 5.02 Å². The van der Waals surface area contributed by atoms with Crippen LogP contribution in [0.4, 0.5) is 5.69 Å². The predicted molar refractivity (Wildman–Crippen MR) is 57.2 cm³/mol. The Labute approximate surface area is 89.6 Å². The SMILES string of the molecule is [N-]=[N+]=Nc1cc(Cl)c2cccnc2c1O. The lowest BCUT2D eigenvalue weighted by atomic mass is 10.2. The Morgan fingerprint density at radius 1 is 1.53 bits per heavy atom. The van der Waals surface area contributed by atoms with E-state index < -0.39 is 0 Å². The van der Waals surface area contributed by atoms with E-state index in [2.05, 4.69) is 15.0 Å². The minimum Gasteiger partial charge on any atom is -0.505 e. The van der Waals surface area contributed by atoms with Gasteiger partial charge < -0.3 is 5.11 Å². The van der Waals surface area contributed by atoms with Gasteiger partial charge in [0.25, 0.3) is 0 Å². The number of pyridine rings is 1. The molecule has 15 heavy (non-hydrogen) atoms. The molecule has 0 aliphatic heterocycles. The summed E-state index contributed by atoms with van der Waals surface area (Å²) in [7, 11) is 0. The second-order valence-corrected chi connectivity index (χ2v) is 3.22. The molecule has 0 atom stereocenters. The van der Waals surface area contributed by atoms with Crippen molar-refractivity contribution in [1.29, 1.82) is 0 Å². The minimum absolute atomic E-state index is 0.0775. The van der Waals surface area contributed by atoms with Gasteiger partial charge in [0.05, 0.1) is 10.7 Å². The first-order valence-electron chi connectivity index (χ1n) is 4.05. The molecule has 0 spiro atoms. The molecule has 0 aliphatic carbocycles. The molecule has 0 radical (unpaired) electrons. The Hall–Kier alpha value is -1.97. The summed E-state index contributed by atoms with van der Waals surface area (Å²) >= 11 is 5.94. The lowest BCUT2D eigenvalue weighted by Crippen LogP contribution is -1.80. The molecule has 0 bridgehead atoms. The van der Waals surface area contributed by atoms with E-state index in [1.54, 1.807) is 12.1 Å². The number of aromatic nitrogens is 1. The van der Waals surface area contributed by atoms with Crippen LogP contribution in [0.5, 0.6) is 5.75 Å². The molecule has 2 rings (SSSR count). The first kappa shape index (κ1) is 9.58. The maximum absolute atomic E-state index is 9.72. The molecule has 0 saturated heterocycles. The first-order chi connectivity index (χ1) is 7.24. The van der Waals surface area contributed by atoms with Crippen molar-refractivity contribution in [1.82, 2.24) is 4.98 Å². The summed E-state index contributed by atoms with van der Waals surface area (Å²) < 4.78 is 0. The fourth-order valence-electron chi connectivity index (χ4n) is 1.30. The van der Waals surface area contributed by atoms with Gasteiger partial charge in [0.1, 0.15) is 5.52 Å². The van der Waals surface area contributed by atoms with Crippen molar-refractivity contribution in [3.8, 4) is 5.75 Å². The standard InChI is InChI=1S/C9H5ClN4O/c10-6-4-7(13-14-11)9(15)8-5(6)2-1-3-12-8/h1-4,15H. The normalized spacial score (nSPS) is 9.93. The lowest BCUT2D eigenvalue weighted by molar-refractivity contribution is 0.482. The molecule has 1 aromatic carbocycles. The van der Waals surface area contributed by atoms with Crippen LogP contribution in [0.15, 0.2) is 29.5 Å². The van der Waals surface area contributed by atoms with Crippen molar-refractivity contribution in [2.24, 2.45) is 5.11 Å². The van der Waals surface area contributed by atoms with E-state index in [4.69, 9.17) is 17.1 Å². The number of rotatable bonds is 1. The van der Waals surface area contributed by atoms with Gasteiger partial charge in [-0.2, -0.15) is 0 Å². The third-order valence-corrected chi connectivity index (χ3v) is 2.26. The van der Waals surface area contributed by atoms with Crippen molar-refractivity contribution < 1.29 is 5.11 Å². The number of phenols is 1. The average molecular weight is 221 g/mol. The quantitative estimate of drug-likeness (QED) is 0.453. The number of benzene rings is 1. The van der Waals surface area contributed by atoms with Crippen LogP contribution < -0.4 is 0 Å². The number of hydrogen-bond donors (Lipinski definition) is 1. The summed E-state index contributed by atoms with van der Waals surface area (Å²) in [6.45, 7) is 0. The Bertz CT molecular complexity index is 578. The smallest absolute Gasteiger partial charge is 0.151 e. The van der Waals surface area contributed by atoms with Crippen molar-refractivity contribution >= 4 is 28.2 Å². The minimum atomic E-state index is -0.159. The number of hydrogen-bond acceptors (Lipinski definition) is 3. The third-order valence-electron chi connectivity index (χ3n) is 1.95. The van der Waals surface area contributed by atoms with Gasteiger partial charge in [-0.15, -0.1) is 0 Å². The third kappa shape index (κ3) is 1.54. The molecule has 0 saturated carbocycles. The molecule has 0 unspecified atom stereocenters. The predicted octanol–water partition coefficient (Wildman–Crippen LogP) is 3.54. The molecule has 6 heteroatoms. The van der Waals surface area contributed by atoms with Crippen LogP contribution >= 0.6 is 11.6 Å². The second kappa shape index (κ2) is 3.65. The molecule has 0 fully saturated rings. The fraction of sp³-hybridized carbons (Fsp3) is 0. The van der Waals surface area contributed by atoms with Crippen molar-refractivity contribution in [2.45, 2.75) is 0 Å². The molecule has 1 aromatic heterocycles. The van der Waals surface area contributed by atoms with E-state index in [1.165, 1.54) is 12.3 Å². The Morgan fingerprint density at radius 3 is 3.07 bits per heavy atom. The topological polar surface area (TPSA) is 81.9 Å². The first-order valence-corrected chi connectivity index (χ1v) is 4.43. The summed E-state index contributed by atoms with van der Waals surface area (Å²) in [4.78, 5) is 6.56. The maximum Gasteiger partial charge on any atom is 0.151 e. The van der Waals surface area contributed by atoms with E-state index in [1.807, 2.05) is 0 Å². The van der Waals surface area contributed by atoms with Crippen molar-refractivity contribution in [2.75, 3.05) is 0 Å². The summed E-state index contributed by atoms with van der Waals surface area (Å²) in [5.41, 5.74) is 8.69. The van der Waals surface area contributed by atoms with E-state index in [-0.39, 0.29) is 11.4 Å². The molecule has 0 amide bonds. The zero-order valence-electron chi connectivity index (χ0n) is 7.42. The molecule has 0 aliphatic rings. The van der Waals surface area contributed by atoms with Gasteiger partial charge in [-0.25, -0.2) is 0 Å². The van der Waals surface area contributed by atoms with Crippen LogP contribution in [0, 0.1) is 0 Å². The summed E-state index contributed by atoms with van der Waals surface area (Å²) in [6.07, 6.45) is 1.53. The summed E-state index contributed by atoms with van der Waals surface area (Å²) in [5, 5.41) is 14.0. The van der Waals surface area contributed by atoms with Gasteiger partial charge in [0.15, 0.2) is 5.75 Å². The fourth-order valence-corrected chi connectivity index (χ4v) is 1.55. The Balaban J connectivity index is 2.90. The highest BCUT2D eigenvalue weighted by atomic mass is 35.5. The summed E-state index contributed by atoms with van der Waals surface area (Å²) in [5.74, 6) is -0.159. The highest BCUT2D eigenvalue weighted by molar-refractivity contribution is 6.36. The van der Waals surface area contributed by atoms with Gasteiger partial charge in [-0.05, 0) is 23.7 Å². The van der Waals surface area contributed by atoms with E-state index >= 15 is 0 Å². The molecule has 74 valence electrons. The molecule has 1 N–H and O–H groups in total. The molecule has 1 heterocycles. The number of phenolic OH excluding ortho intramolecular Hbond substituents is 1. The second-order valence-electron chi connectivity index (χ2n) is 2.82. The van der Waals surface area contributed by atoms with Crippen LogP contribution in [0.3, 0.4) is 0 Å². The monoisotopic (exact) mass is 220 g/mol. The van der Waals surface area contributed by atoms with Crippen LogP contribution in [0.25, 0.3) is 21.3 Å². The van der Waals surface area contributed by atoms with Crippen molar-refractivity contribution in [3.05, 3.63) is 39.9 Å². The maximum atomic E-state index is 9.72. The van der Waals surface area contributed by atoms with E-state index in [0.29, 0.717) is 15.9 Å². The highest BCUT2D eigenvalue weighted by Crippen LogP contribution is 2.37. The van der Waals surface area contributed by atoms with Gasteiger partial charge >= 0.3 is 0 Å². The van der Waals surface area contributed by atoms with Gasteiger partial charge in [-0.3, -0.25) is 4.98 Å². The number of aromatic hydroxyl groups is 1. The number of nitrogens with zero attached hydrogens (tertiary/aromatic N) is 4. The number of azide groups is 1. The van der Waals surface area contributed by atoms with E-state index in [9.17, 15) is 5.11 Å². The summed E-state index contributed by atoms with van der Waals surface area (Å²) in [6, 6.07) is 4.84. The van der Waals surface area contributed by atoms with Crippen LogP contribution in [0.1, 0.15) is 0 Å². The zero-order chi connectivity index (χ0) is 10.8. The Morgan fingerprint density at radius 2 is 2.33 bits per heavy atom. The largest absolute Gasteiger partial charge is 0.505 e. The van der Waals surface area contributed by atoms with E-state index in [0.717, 1.165) is 0 Å². The van der Waals surface area contributed by atoms with Crippen LogP contribution in [-0.4, -0.2) is 10.1 Å². The van der Waals surface area contributed by atoms with Gasteiger partial charge in [-0.1, -0.05) is 16.7 Å². The Kier molecular flexibility index (Phi) is 2.33. The lowest BCUT2D eigenvalue weighted by Gasteiger charge is -2.04. The van der Waals surface area contributed by atoms with Crippen molar-refractivity contribution in [3.63, 3.8) is 0 Å². The molecular weight excluding hydrogens is 216 g/mol.